The number of nitrogens with zero attached hydrogens (tertiary/aromatic N) is 4. The van der Waals surface area contributed by atoms with Crippen LogP contribution in [-0.4, -0.2) is 26.9 Å². The van der Waals surface area contributed by atoms with Crippen LogP contribution in [0.3, 0.4) is 0 Å². The minimum Gasteiger partial charge on any atom is -0.361 e. The Kier molecular flexibility index (Phi) is 4.54. The average Bonchev–Trinajstić information content (AvgIpc) is 3.04. The Morgan fingerprint density at radius 1 is 1.23 bits per heavy atom. The van der Waals surface area contributed by atoms with E-state index in [1.165, 1.54) is 18.4 Å². The molecule has 0 amide bonds. The molecule has 0 spiro atoms. The van der Waals surface area contributed by atoms with E-state index in [4.69, 9.17) is 16.1 Å². The maximum atomic E-state index is 6.37. The lowest BCUT2D eigenvalue weighted by molar-refractivity contribution is 0.300. The van der Waals surface area contributed by atoms with Gasteiger partial charge in [0.1, 0.15) is 16.6 Å². The van der Waals surface area contributed by atoms with Crippen molar-refractivity contribution in [2.24, 2.45) is 7.05 Å². The van der Waals surface area contributed by atoms with Gasteiger partial charge in [-0.2, -0.15) is 5.10 Å². The van der Waals surface area contributed by atoms with Gasteiger partial charge in [-0.3, -0.25) is 9.58 Å². The predicted octanol–water partition coefficient (Wildman–Crippen LogP) is 3.13. The van der Waals surface area contributed by atoms with E-state index in [2.05, 4.69) is 29.1 Å². The van der Waals surface area contributed by atoms with Crippen molar-refractivity contribution in [3.8, 4) is 0 Å². The first-order valence-electron chi connectivity index (χ1n) is 7.95. The van der Waals surface area contributed by atoms with Crippen molar-refractivity contribution < 1.29 is 4.52 Å². The number of aryl methyl sites for hydroxylation is 3. The van der Waals surface area contributed by atoms with Crippen LogP contribution in [0.15, 0.2) is 4.52 Å². The van der Waals surface area contributed by atoms with Gasteiger partial charge < -0.3 is 4.52 Å². The van der Waals surface area contributed by atoms with Crippen molar-refractivity contribution in [2.75, 3.05) is 7.05 Å². The maximum Gasteiger partial charge on any atom is 0.140 e. The highest BCUT2D eigenvalue weighted by molar-refractivity contribution is 6.30. The molecule has 0 bridgehead atoms. The van der Waals surface area contributed by atoms with Crippen LogP contribution in [0.5, 0.6) is 0 Å². The summed E-state index contributed by atoms with van der Waals surface area (Å²) in [5.41, 5.74) is 4.59. The third-order valence-electron chi connectivity index (χ3n) is 4.37. The summed E-state index contributed by atoms with van der Waals surface area (Å²) >= 11 is 6.37. The molecule has 0 saturated heterocycles. The normalized spacial score (nSPS) is 14.6. The van der Waals surface area contributed by atoms with Crippen LogP contribution in [0.25, 0.3) is 0 Å². The topological polar surface area (TPSA) is 47.1 Å². The molecule has 0 N–H and O–H groups in total. The zero-order valence-electron chi connectivity index (χ0n) is 13.5. The summed E-state index contributed by atoms with van der Waals surface area (Å²) in [7, 11) is 3.98. The first kappa shape index (κ1) is 15.6. The molecule has 120 valence electrons. The molecular weight excluding hydrogens is 300 g/mol. The van der Waals surface area contributed by atoms with Gasteiger partial charge in [0.25, 0.3) is 0 Å². The quantitative estimate of drug-likeness (QED) is 0.848. The highest BCUT2D eigenvalue weighted by atomic mass is 35.5. The van der Waals surface area contributed by atoms with E-state index in [-0.39, 0.29) is 0 Å². The third-order valence-corrected chi connectivity index (χ3v) is 4.84. The van der Waals surface area contributed by atoms with Gasteiger partial charge in [0, 0.05) is 37.7 Å². The third kappa shape index (κ3) is 2.92. The molecule has 2 aromatic rings. The minimum absolute atomic E-state index is 0.728. The van der Waals surface area contributed by atoms with Crippen molar-refractivity contribution in [3.05, 3.63) is 33.4 Å². The zero-order valence-corrected chi connectivity index (χ0v) is 14.3. The molecule has 0 saturated carbocycles. The highest BCUT2D eigenvalue weighted by Gasteiger charge is 2.21. The van der Waals surface area contributed by atoms with Crippen LogP contribution in [-0.2, 0) is 39.4 Å². The second kappa shape index (κ2) is 6.42. The Balaban J connectivity index is 1.73. The molecule has 6 heteroatoms. The molecule has 1 aliphatic rings. The molecular formula is C16H23ClN4O. The van der Waals surface area contributed by atoms with Gasteiger partial charge in [-0.25, -0.2) is 0 Å². The van der Waals surface area contributed by atoms with Gasteiger partial charge >= 0.3 is 0 Å². The molecule has 2 heterocycles. The molecule has 0 fully saturated rings. The number of hydrogen-bond donors (Lipinski definition) is 0. The van der Waals surface area contributed by atoms with Gasteiger partial charge in [0.15, 0.2) is 0 Å². The number of fused-ring (bicyclic) bond motifs is 1. The van der Waals surface area contributed by atoms with E-state index in [9.17, 15) is 0 Å². The van der Waals surface area contributed by atoms with E-state index < -0.39 is 0 Å². The second-order valence-electron chi connectivity index (χ2n) is 6.10. The van der Waals surface area contributed by atoms with Crippen LogP contribution < -0.4 is 0 Å². The Labute approximate surface area is 136 Å². The lowest BCUT2D eigenvalue weighted by Crippen LogP contribution is -2.19. The summed E-state index contributed by atoms with van der Waals surface area (Å²) in [4.78, 5) is 2.23. The van der Waals surface area contributed by atoms with E-state index in [1.54, 1.807) is 4.68 Å². The molecule has 1 aliphatic carbocycles. The highest BCUT2D eigenvalue weighted by Crippen LogP contribution is 2.26. The molecule has 0 unspecified atom stereocenters. The van der Waals surface area contributed by atoms with Crippen molar-refractivity contribution in [2.45, 2.75) is 52.1 Å². The van der Waals surface area contributed by atoms with E-state index in [1.807, 2.05) is 7.05 Å². The zero-order chi connectivity index (χ0) is 15.7. The lowest BCUT2D eigenvalue weighted by atomic mass is 9.96. The van der Waals surface area contributed by atoms with E-state index >= 15 is 0 Å². The first-order valence-corrected chi connectivity index (χ1v) is 8.33. The van der Waals surface area contributed by atoms with Crippen molar-refractivity contribution in [3.63, 3.8) is 0 Å². The van der Waals surface area contributed by atoms with Gasteiger partial charge in [-0.1, -0.05) is 23.7 Å². The fourth-order valence-electron chi connectivity index (χ4n) is 3.19. The molecule has 3 rings (SSSR count). The van der Waals surface area contributed by atoms with Crippen molar-refractivity contribution in [1.29, 1.82) is 0 Å². The van der Waals surface area contributed by atoms with Gasteiger partial charge in [-0.15, -0.1) is 0 Å². The molecule has 0 aromatic carbocycles. The van der Waals surface area contributed by atoms with Crippen molar-refractivity contribution >= 4 is 11.6 Å². The average molecular weight is 323 g/mol. The number of halogens is 1. The van der Waals surface area contributed by atoms with Crippen LogP contribution >= 0.6 is 11.6 Å². The summed E-state index contributed by atoms with van der Waals surface area (Å²) in [6, 6.07) is 0. The maximum absolute atomic E-state index is 6.37. The standard InChI is InChI=1S/C16H23ClN4O/c1-4-13-12(16(17)21(3)18-13)9-20(2)10-14-11-7-5-6-8-15(11)22-19-14/h4-10H2,1-3H3. The fourth-order valence-corrected chi connectivity index (χ4v) is 3.40. The van der Waals surface area contributed by atoms with Crippen LogP contribution in [0.1, 0.15) is 48.0 Å². The lowest BCUT2D eigenvalue weighted by Gasteiger charge is -2.17. The van der Waals surface area contributed by atoms with Gasteiger partial charge in [-0.05, 0) is 32.7 Å². The summed E-state index contributed by atoms with van der Waals surface area (Å²) < 4.78 is 7.24. The smallest absolute Gasteiger partial charge is 0.140 e. The van der Waals surface area contributed by atoms with Crippen LogP contribution in [0.4, 0.5) is 0 Å². The monoisotopic (exact) mass is 322 g/mol. The molecule has 22 heavy (non-hydrogen) atoms. The predicted molar refractivity (Wildman–Crippen MR) is 85.9 cm³/mol. The Bertz CT molecular complexity index is 661. The van der Waals surface area contributed by atoms with Crippen LogP contribution in [0.2, 0.25) is 5.15 Å². The van der Waals surface area contributed by atoms with E-state index in [0.29, 0.717) is 0 Å². The Hall–Kier alpha value is -1.33. The van der Waals surface area contributed by atoms with Crippen molar-refractivity contribution in [1.82, 2.24) is 19.8 Å². The Morgan fingerprint density at radius 3 is 2.77 bits per heavy atom. The molecule has 0 radical (unpaired) electrons. The summed E-state index contributed by atoms with van der Waals surface area (Å²) in [5.74, 6) is 1.09. The van der Waals surface area contributed by atoms with Gasteiger partial charge in [0.2, 0.25) is 0 Å². The summed E-state index contributed by atoms with van der Waals surface area (Å²) in [5, 5.41) is 9.48. The number of hydrogen-bond acceptors (Lipinski definition) is 4. The summed E-state index contributed by atoms with van der Waals surface area (Å²) in [6.07, 6.45) is 5.46. The van der Waals surface area contributed by atoms with E-state index in [0.717, 1.165) is 60.2 Å². The molecule has 5 nitrogen and oxygen atoms in total. The number of aromatic nitrogens is 3. The molecule has 0 atom stereocenters. The van der Waals surface area contributed by atoms with Gasteiger partial charge in [0.05, 0.1) is 5.69 Å². The SMILES string of the molecule is CCc1nn(C)c(Cl)c1CN(C)Cc1noc2c1CCCC2. The fraction of sp³-hybridized carbons (Fsp3) is 0.625. The summed E-state index contributed by atoms with van der Waals surface area (Å²) in [6.45, 7) is 3.67. The minimum atomic E-state index is 0.728. The van der Waals surface area contributed by atoms with Crippen LogP contribution in [0, 0.1) is 0 Å². The first-order chi connectivity index (χ1) is 10.6. The largest absolute Gasteiger partial charge is 0.361 e. The number of rotatable bonds is 5. The Morgan fingerprint density at radius 2 is 2.00 bits per heavy atom. The molecule has 2 aromatic heterocycles. The molecule has 0 aliphatic heterocycles. The second-order valence-corrected chi connectivity index (χ2v) is 6.46.